The average Bonchev–Trinajstić information content (AvgIpc) is 3.26. The summed E-state index contributed by atoms with van der Waals surface area (Å²) in [5.74, 6) is 3.87. The molecule has 0 bridgehead atoms. The van der Waals surface area contributed by atoms with Crippen LogP contribution in [0, 0.1) is 17.2 Å². The molecule has 3 atom stereocenters. The number of allylic oxidation sites excluding steroid dienone is 14. The summed E-state index contributed by atoms with van der Waals surface area (Å²) in [5.41, 5.74) is 16.5. The van der Waals surface area contributed by atoms with E-state index in [0.29, 0.717) is 29.6 Å². The van der Waals surface area contributed by atoms with E-state index in [-0.39, 0.29) is 0 Å². The third-order valence-electron chi connectivity index (χ3n) is 14.3. The number of benzene rings is 1. The molecule has 278 valence electrons. The molecule has 7 aliphatic rings. The second-order valence-corrected chi connectivity index (χ2v) is 17.5. The fourth-order valence-corrected chi connectivity index (χ4v) is 11.3. The van der Waals surface area contributed by atoms with Crippen molar-refractivity contribution in [1.29, 1.82) is 5.26 Å². The Labute approximate surface area is 324 Å². The van der Waals surface area contributed by atoms with Crippen LogP contribution < -0.4 is 0 Å². The molecule has 1 aromatic heterocycles. The van der Waals surface area contributed by atoms with Gasteiger partial charge in [0.25, 0.3) is 0 Å². The SMILES string of the molecule is N#Cc1ccc(C2CCC(C3=C(C4=CCC(c5nc(C6CC=CCC6)nc(C6CC=CCC6)c5C5=CCCCC5)CC4)C4=C(C=CCC4)CC3)CC2)cc1. The van der Waals surface area contributed by atoms with Gasteiger partial charge in [-0.05, 0) is 192 Å². The standard InChI is InChI=1S/C51H59N3/c52-34-35-20-22-36(23-21-35)37-24-26-39(27-25-37)46-33-32-38-12-10-11-19-45(38)47(46)41-28-30-43(31-29-41)50-48(40-13-4-1-5-14-40)49(42-15-6-2-7-16-42)53-51(54-50)44-17-8-3-9-18-44/h2-3,6,8,10,12-13,20-23,28,37,39,42-44H,1,4-5,7,9,11,14-19,24-27,29-33H2. The molecule has 3 unspecified atom stereocenters. The van der Waals surface area contributed by atoms with Crippen molar-refractivity contribution in [3.8, 4) is 6.07 Å². The predicted molar refractivity (Wildman–Crippen MR) is 222 cm³/mol. The van der Waals surface area contributed by atoms with Crippen LogP contribution in [0.5, 0.6) is 0 Å². The molecule has 0 saturated heterocycles. The predicted octanol–water partition coefficient (Wildman–Crippen LogP) is 13.9. The van der Waals surface area contributed by atoms with Crippen molar-refractivity contribution < 1.29 is 0 Å². The van der Waals surface area contributed by atoms with E-state index in [9.17, 15) is 5.26 Å². The first kappa shape index (κ1) is 35.7. The van der Waals surface area contributed by atoms with Crippen molar-refractivity contribution in [2.45, 2.75) is 159 Å². The lowest BCUT2D eigenvalue weighted by atomic mass is 9.68. The molecule has 2 aromatic rings. The summed E-state index contributed by atoms with van der Waals surface area (Å²) in [4.78, 5) is 11.3. The van der Waals surface area contributed by atoms with Crippen LogP contribution in [-0.2, 0) is 0 Å². The smallest absolute Gasteiger partial charge is 0.132 e. The van der Waals surface area contributed by atoms with E-state index in [0.717, 1.165) is 43.5 Å². The Morgan fingerprint density at radius 1 is 0.556 bits per heavy atom. The van der Waals surface area contributed by atoms with Gasteiger partial charge in [-0.1, -0.05) is 66.3 Å². The topological polar surface area (TPSA) is 49.6 Å². The lowest BCUT2D eigenvalue weighted by Gasteiger charge is -2.37. The zero-order valence-corrected chi connectivity index (χ0v) is 32.5. The largest absolute Gasteiger partial charge is 0.237 e. The summed E-state index contributed by atoms with van der Waals surface area (Å²) in [7, 11) is 0. The summed E-state index contributed by atoms with van der Waals surface area (Å²) in [5, 5.41) is 9.31. The van der Waals surface area contributed by atoms with E-state index in [1.54, 1.807) is 33.4 Å². The van der Waals surface area contributed by atoms with Gasteiger partial charge in [0.05, 0.1) is 23.0 Å². The highest BCUT2D eigenvalue weighted by atomic mass is 14.9. The molecule has 1 aromatic carbocycles. The van der Waals surface area contributed by atoms with Crippen LogP contribution in [0.25, 0.3) is 5.57 Å². The molecular weight excluding hydrogens is 655 g/mol. The molecule has 1 saturated carbocycles. The molecule has 9 rings (SSSR count). The van der Waals surface area contributed by atoms with Crippen LogP contribution >= 0.6 is 0 Å². The van der Waals surface area contributed by atoms with Crippen molar-refractivity contribution in [1.82, 2.24) is 9.97 Å². The van der Waals surface area contributed by atoms with Gasteiger partial charge in [0, 0.05) is 23.3 Å². The molecule has 7 aliphatic carbocycles. The molecular formula is C51H59N3. The Balaban J connectivity index is 1.05. The molecule has 0 spiro atoms. The summed E-state index contributed by atoms with van der Waals surface area (Å²) >= 11 is 0. The van der Waals surface area contributed by atoms with E-state index in [2.05, 4.69) is 66.8 Å². The maximum Gasteiger partial charge on any atom is 0.132 e. The zero-order valence-electron chi connectivity index (χ0n) is 32.5. The Morgan fingerprint density at radius 2 is 1.30 bits per heavy atom. The van der Waals surface area contributed by atoms with E-state index in [1.807, 2.05) is 12.1 Å². The molecule has 1 heterocycles. The van der Waals surface area contributed by atoms with Gasteiger partial charge in [-0.3, -0.25) is 0 Å². The molecule has 3 nitrogen and oxygen atoms in total. The minimum atomic E-state index is 0.447. The first-order chi connectivity index (χ1) is 26.7. The van der Waals surface area contributed by atoms with Crippen molar-refractivity contribution in [3.05, 3.63) is 135 Å². The number of aromatic nitrogens is 2. The Morgan fingerprint density at radius 3 is 1.96 bits per heavy atom. The minimum Gasteiger partial charge on any atom is -0.237 e. The molecule has 0 N–H and O–H groups in total. The first-order valence-corrected chi connectivity index (χ1v) is 22.0. The number of nitrogens with zero attached hydrogens (tertiary/aromatic N) is 3. The third-order valence-corrected chi connectivity index (χ3v) is 14.3. The van der Waals surface area contributed by atoms with E-state index < -0.39 is 0 Å². The van der Waals surface area contributed by atoms with Crippen molar-refractivity contribution in [2.75, 3.05) is 0 Å². The van der Waals surface area contributed by atoms with Gasteiger partial charge < -0.3 is 0 Å². The Kier molecular flexibility index (Phi) is 10.8. The quantitative estimate of drug-likeness (QED) is 0.268. The van der Waals surface area contributed by atoms with Gasteiger partial charge in [-0.25, -0.2) is 9.97 Å². The summed E-state index contributed by atoms with van der Waals surface area (Å²) < 4.78 is 0. The average molecular weight is 714 g/mol. The highest BCUT2D eigenvalue weighted by Crippen LogP contribution is 2.50. The maximum atomic E-state index is 9.31. The summed E-state index contributed by atoms with van der Waals surface area (Å²) in [6.07, 6.45) is 45.0. The molecule has 0 amide bonds. The van der Waals surface area contributed by atoms with Gasteiger partial charge in [0.15, 0.2) is 0 Å². The highest BCUT2D eigenvalue weighted by Gasteiger charge is 2.35. The van der Waals surface area contributed by atoms with E-state index in [1.165, 1.54) is 125 Å². The van der Waals surface area contributed by atoms with Crippen molar-refractivity contribution in [3.63, 3.8) is 0 Å². The third kappa shape index (κ3) is 7.35. The minimum absolute atomic E-state index is 0.447. The summed E-state index contributed by atoms with van der Waals surface area (Å²) in [6, 6.07) is 10.7. The van der Waals surface area contributed by atoms with Gasteiger partial charge >= 0.3 is 0 Å². The highest BCUT2D eigenvalue weighted by molar-refractivity contribution is 5.71. The first-order valence-electron chi connectivity index (χ1n) is 22.0. The van der Waals surface area contributed by atoms with Crippen LogP contribution in [0.4, 0.5) is 0 Å². The molecule has 54 heavy (non-hydrogen) atoms. The Hall–Kier alpha value is -4.03. The summed E-state index contributed by atoms with van der Waals surface area (Å²) in [6.45, 7) is 0. The van der Waals surface area contributed by atoms with Crippen LogP contribution in [-0.4, -0.2) is 9.97 Å². The number of rotatable bonds is 7. The number of nitriles is 1. The fourth-order valence-electron chi connectivity index (χ4n) is 11.3. The molecule has 0 radical (unpaired) electrons. The molecule has 1 fully saturated rings. The van der Waals surface area contributed by atoms with Crippen molar-refractivity contribution in [2.24, 2.45) is 5.92 Å². The number of hydrogen-bond acceptors (Lipinski definition) is 3. The zero-order chi connectivity index (χ0) is 36.3. The second kappa shape index (κ2) is 16.4. The van der Waals surface area contributed by atoms with Gasteiger partial charge in [-0.2, -0.15) is 5.26 Å². The van der Waals surface area contributed by atoms with Crippen LogP contribution in [0.1, 0.15) is 192 Å². The van der Waals surface area contributed by atoms with Crippen LogP contribution in [0.2, 0.25) is 0 Å². The molecule has 3 heteroatoms. The van der Waals surface area contributed by atoms with Crippen LogP contribution in [0.3, 0.4) is 0 Å². The van der Waals surface area contributed by atoms with E-state index >= 15 is 0 Å². The Bertz CT molecular complexity index is 1980. The lowest BCUT2D eigenvalue weighted by molar-refractivity contribution is 0.354. The van der Waals surface area contributed by atoms with E-state index in [4.69, 9.17) is 9.97 Å². The number of hydrogen-bond donors (Lipinski definition) is 0. The van der Waals surface area contributed by atoms with Crippen molar-refractivity contribution >= 4 is 5.57 Å². The maximum absolute atomic E-state index is 9.31. The molecule has 0 aliphatic heterocycles. The normalized spacial score (nSPS) is 28.7. The van der Waals surface area contributed by atoms with Gasteiger partial charge in [-0.15, -0.1) is 0 Å². The van der Waals surface area contributed by atoms with Gasteiger partial charge in [0.2, 0.25) is 0 Å². The van der Waals surface area contributed by atoms with Gasteiger partial charge in [0.1, 0.15) is 5.82 Å². The fraction of sp³-hybridized carbons (Fsp3) is 0.510. The van der Waals surface area contributed by atoms with Crippen LogP contribution in [0.15, 0.2) is 101 Å². The lowest BCUT2D eigenvalue weighted by Crippen LogP contribution is -2.22. The monoisotopic (exact) mass is 713 g/mol. The second-order valence-electron chi connectivity index (χ2n) is 17.5.